The van der Waals surface area contributed by atoms with Gasteiger partial charge in [-0.2, -0.15) is 0 Å². The molecule has 1 aromatic heterocycles. The third-order valence-electron chi connectivity index (χ3n) is 3.80. The highest BCUT2D eigenvalue weighted by Gasteiger charge is 2.22. The molecule has 2 rings (SSSR count). The van der Waals surface area contributed by atoms with Crippen LogP contribution < -0.4 is 10.6 Å². The monoisotopic (exact) mass is 317 g/mol. The van der Waals surface area contributed by atoms with Crippen LogP contribution in [0.2, 0.25) is 0 Å². The highest BCUT2D eigenvalue weighted by molar-refractivity contribution is 7.15. The lowest BCUT2D eigenvalue weighted by Crippen LogP contribution is -2.34. The molecule has 0 aliphatic carbocycles. The number of hydrogen-bond acceptors (Lipinski definition) is 4. The van der Waals surface area contributed by atoms with Gasteiger partial charge in [0.05, 0.1) is 0 Å². The molecule has 4 nitrogen and oxygen atoms in total. The van der Waals surface area contributed by atoms with Crippen molar-refractivity contribution >= 4 is 34.8 Å². The topological polar surface area (TPSA) is 54.0 Å². The van der Waals surface area contributed by atoms with Crippen LogP contribution in [0, 0.1) is 11.8 Å². The largest absolute Gasteiger partial charge is 0.316 e. The lowest BCUT2D eigenvalue weighted by molar-refractivity contribution is -0.117. The fraction of sp³-hybridized carbons (Fsp3) is 0.714. The van der Waals surface area contributed by atoms with Gasteiger partial charge in [0.15, 0.2) is 5.13 Å². The number of nitrogens with one attached hydrogen (secondary N) is 2. The fourth-order valence-electron chi connectivity index (χ4n) is 2.52. The van der Waals surface area contributed by atoms with Crippen LogP contribution in [-0.2, 0) is 11.2 Å². The van der Waals surface area contributed by atoms with Gasteiger partial charge in [0, 0.05) is 17.5 Å². The van der Waals surface area contributed by atoms with Gasteiger partial charge >= 0.3 is 0 Å². The minimum atomic E-state index is 0. The van der Waals surface area contributed by atoms with Crippen LogP contribution in [0.1, 0.15) is 38.0 Å². The van der Waals surface area contributed by atoms with Gasteiger partial charge in [-0.3, -0.25) is 4.79 Å². The first-order valence-corrected chi connectivity index (χ1v) is 7.96. The predicted octanol–water partition coefficient (Wildman–Crippen LogP) is 3.09. The Balaban J connectivity index is 0.00000200. The lowest BCUT2D eigenvalue weighted by Gasteiger charge is -2.27. The van der Waals surface area contributed by atoms with Gasteiger partial charge in [-0.1, -0.05) is 13.8 Å². The van der Waals surface area contributed by atoms with Crippen molar-refractivity contribution in [3.05, 3.63) is 11.1 Å². The molecule has 1 aliphatic rings. The number of rotatable bonds is 5. The van der Waals surface area contributed by atoms with Gasteiger partial charge in [0.25, 0.3) is 0 Å². The van der Waals surface area contributed by atoms with Crippen LogP contribution in [0.5, 0.6) is 0 Å². The average molecular weight is 318 g/mol. The second-order valence-electron chi connectivity index (χ2n) is 5.32. The number of carbonyl (C=O) groups excluding carboxylic acids is 1. The molecular weight excluding hydrogens is 294 g/mol. The molecule has 20 heavy (non-hydrogen) atoms. The van der Waals surface area contributed by atoms with E-state index in [2.05, 4.69) is 29.5 Å². The Hall–Kier alpha value is -0.650. The minimum absolute atomic E-state index is 0. The maximum atomic E-state index is 12.0. The first-order valence-electron chi connectivity index (χ1n) is 7.14. The van der Waals surface area contributed by atoms with E-state index in [1.54, 1.807) is 11.3 Å². The van der Waals surface area contributed by atoms with Gasteiger partial charge in [-0.25, -0.2) is 4.98 Å². The van der Waals surface area contributed by atoms with Crippen LogP contribution in [0.15, 0.2) is 6.20 Å². The number of hydrogen-bond donors (Lipinski definition) is 2. The van der Waals surface area contributed by atoms with E-state index in [1.807, 2.05) is 6.20 Å². The normalized spacial score (nSPS) is 20.0. The molecule has 0 spiro atoms. The van der Waals surface area contributed by atoms with Crippen molar-refractivity contribution in [2.75, 3.05) is 18.4 Å². The van der Waals surface area contributed by atoms with E-state index in [9.17, 15) is 4.79 Å². The highest BCUT2D eigenvalue weighted by Crippen LogP contribution is 2.24. The maximum absolute atomic E-state index is 12.0. The molecule has 6 heteroatoms. The van der Waals surface area contributed by atoms with Crippen LogP contribution in [0.4, 0.5) is 5.13 Å². The molecule has 0 saturated carbocycles. The zero-order chi connectivity index (χ0) is 13.7. The van der Waals surface area contributed by atoms with Gasteiger partial charge in [-0.05, 0) is 44.2 Å². The summed E-state index contributed by atoms with van der Waals surface area (Å²) in [6.07, 6.45) is 5.86. The second kappa shape index (κ2) is 8.60. The molecular formula is C14H24ClN3OS. The summed E-state index contributed by atoms with van der Waals surface area (Å²) in [5.74, 6) is 1.15. The molecule has 0 bridgehead atoms. The maximum Gasteiger partial charge on any atom is 0.226 e. The molecule has 1 saturated heterocycles. The minimum Gasteiger partial charge on any atom is -0.316 e. The molecule has 1 aliphatic heterocycles. The van der Waals surface area contributed by atoms with E-state index >= 15 is 0 Å². The Labute approximate surface area is 131 Å². The summed E-state index contributed by atoms with van der Waals surface area (Å²) in [5, 5.41) is 7.05. The summed E-state index contributed by atoms with van der Waals surface area (Å²) in [6.45, 7) is 6.44. The van der Waals surface area contributed by atoms with E-state index in [-0.39, 0.29) is 18.3 Å². The third kappa shape index (κ3) is 5.04. The van der Waals surface area contributed by atoms with Crippen molar-refractivity contribution in [1.82, 2.24) is 10.3 Å². The van der Waals surface area contributed by atoms with Crippen LogP contribution >= 0.6 is 23.7 Å². The molecule has 1 amide bonds. The van der Waals surface area contributed by atoms with Gasteiger partial charge in [-0.15, -0.1) is 23.7 Å². The molecule has 0 aromatic carbocycles. The second-order valence-corrected chi connectivity index (χ2v) is 6.44. The van der Waals surface area contributed by atoms with E-state index < -0.39 is 0 Å². The number of halogens is 1. The average Bonchev–Trinajstić information content (AvgIpc) is 2.87. The molecule has 2 N–H and O–H groups in total. The number of anilines is 1. The Morgan fingerprint density at radius 1 is 1.65 bits per heavy atom. The Morgan fingerprint density at radius 3 is 3.05 bits per heavy atom. The number of carbonyl (C=O) groups is 1. The summed E-state index contributed by atoms with van der Waals surface area (Å²) in [7, 11) is 0. The van der Waals surface area contributed by atoms with Crippen molar-refractivity contribution in [3.63, 3.8) is 0 Å². The van der Waals surface area contributed by atoms with Crippen LogP contribution in [0.25, 0.3) is 0 Å². The van der Waals surface area contributed by atoms with Crippen molar-refractivity contribution in [2.24, 2.45) is 11.8 Å². The van der Waals surface area contributed by atoms with Crippen molar-refractivity contribution in [3.8, 4) is 0 Å². The number of amides is 1. The lowest BCUT2D eigenvalue weighted by atomic mass is 9.85. The van der Waals surface area contributed by atoms with Crippen LogP contribution in [0.3, 0.4) is 0 Å². The molecule has 2 unspecified atom stereocenters. The van der Waals surface area contributed by atoms with E-state index in [0.717, 1.165) is 24.6 Å². The van der Waals surface area contributed by atoms with Crippen LogP contribution in [-0.4, -0.2) is 24.0 Å². The molecule has 114 valence electrons. The van der Waals surface area contributed by atoms with Crippen molar-refractivity contribution < 1.29 is 4.79 Å². The quantitative estimate of drug-likeness (QED) is 0.877. The Kier molecular flexibility index (Phi) is 7.48. The zero-order valence-corrected chi connectivity index (χ0v) is 13.8. The standard InChI is InChI=1S/C14H23N3OS.ClH/c1-3-12-9-16-14(19-12)17-13(18)7-10(2)11-5-4-6-15-8-11;/h9-11,15H,3-8H2,1-2H3,(H,16,17,18);1H. The van der Waals surface area contributed by atoms with Crippen molar-refractivity contribution in [1.29, 1.82) is 0 Å². The van der Waals surface area contributed by atoms with E-state index in [4.69, 9.17) is 0 Å². The van der Waals surface area contributed by atoms with E-state index in [0.29, 0.717) is 18.3 Å². The summed E-state index contributed by atoms with van der Waals surface area (Å²) >= 11 is 1.57. The Morgan fingerprint density at radius 2 is 2.45 bits per heavy atom. The summed E-state index contributed by atoms with van der Waals surface area (Å²) in [5.41, 5.74) is 0. The third-order valence-corrected chi connectivity index (χ3v) is 4.85. The van der Waals surface area contributed by atoms with E-state index in [1.165, 1.54) is 17.7 Å². The first-order chi connectivity index (χ1) is 9.19. The summed E-state index contributed by atoms with van der Waals surface area (Å²) in [4.78, 5) is 17.4. The molecule has 0 radical (unpaired) electrons. The number of thiazole rings is 1. The molecule has 2 atom stereocenters. The zero-order valence-electron chi connectivity index (χ0n) is 12.1. The number of aryl methyl sites for hydroxylation is 1. The smallest absolute Gasteiger partial charge is 0.226 e. The summed E-state index contributed by atoms with van der Waals surface area (Å²) < 4.78 is 0. The summed E-state index contributed by atoms with van der Waals surface area (Å²) in [6, 6.07) is 0. The van der Waals surface area contributed by atoms with Gasteiger partial charge < -0.3 is 10.6 Å². The molecule has 2 heterocycles. The predicted molar refractivity (Wildman–Crippen MR) is 86.7 cm³/mol. The fourth-order valence-corrected chi connectivity index (χ4v) is 3.29. The number of piperidine rings is 1. The Bertz CT molecular complexity index is 418. The molecule has 1 fully saturated rings. The van der Waals surface area contributed by atoms with Crippen molar-refractivity contribution in [2.45, 2.75) is 39.5 Å². The number of aromatic nitrogens is 1. The van der Waals surface area contributed by atoms with Gasteiger partial charge in [0.1, 0.15) is 0 Å². The molecule has 1 aromatic rings. The number of nitrogens with zero attached hydrogens (tertiary/aromatic N) is 1. The first kappa shape index (κ1) is 17.4. The highest BCUT2D eigenvalue weighted by atomic mass is 35.5. The van der Waals surface area contributed by atoms with Gasteiger partial charge in [0.2, 0.25) is 5.91 Å². The SMILES string of the molecule is CCc1cnc(NC(=O)CC(C)C2CCCNC2)s1.Cl.